The van der Waals surface area contributed by atoms with Crippen LogP contribution in [-0.2, 0) is 28.6 Å². The Morgan fingerprint density at radius 1 is 0.280 bits per heavy atom. The lowest BCUT2D eigenvalue weighted by atomic mass is 10.0. The second kappa shape index (κ2) is 63.4. The molecule has 0 aromatic carbocycles. The van der Waals surface area contributed by atoms with Crippen LogP contribution in [0.3, 0.4) is 0 Å². The van der Waals surface area contributed by atoms with E-state index in [4.69, 9.17) is 14.2 Å². The third-order valence-corrected chi connectivity index (χ3v) is 14.2. The summed E-state index contributed by atoms with van der Waals surface area (Å²) in [6, 6.07) is 0. The van der Waals surface area contributed by atoms with Gasteiger partial charge in [-0.05, 0) is 89.9 Å². The number of unbranched alkanes of at least 4 members (excludes halogenated alkanes) is 36. The first-order valence-electron chi connectivity index (χ1n) is 32.4. The Balaban J connectivity index is 4.16. The van der Waals surface area contributed by atoms with Crippen LogP contribution in [0.15, 0.2) is 72.9 Å². The van der Waals surface area contributed by atoms with Crippen LogP contribution >= 0.6 is 0 Å². The van der Waals surface area contributed by atoms with Gasteiger partial charge in [-0.1, -0.05) is 293 Å². The van der Waals surface area contributed by atoms with Gasteiger partial charge in [0.2, 0.25) is 0 Å². The highest BCUT2D eigenvalue weighted by atomic mass is 16.6. The van der Waals surface area contributed by atoms with Crippen molar-refractivity contribution in [2.24, 2.45) is 0 Å². The first-order chi connectivity index (χ1) is 37.0. The van der Waals surface area contributed by atoms with Crippen molar-refractivity contribution in [3.8, 4) is 0 Å². The average Bonchev–Trinajstić information content (AvgIpc) is 3.41. The first kappa shape index (κ1) is 71.8. The molecule has 0 aliphatic rings. The van der Waals surface area contributed by atoms with Gasteiger partial charge in [0, 0.05) is 19.3 Å². The standard InChI is InChI=1S/C69H122O6/c1-4-7-10-13-16-19-21-23-25-27-29-30-31-32-33-34-35-36-37-38-40-41-43-45-47-50-53-56-59-62-68(71)74-65-66(64-73-67(70)61-58-55-52-49-18-15-12-9-6-3)75-69(72)63-60-57-54-51-48-46-44-42-39-28-26-24-22-20-17-14-11-8-5-2/h7,10,16,19,23-26,29-30,32-33,66H,4-6,8-9,11-15,17-18,20-22,27-28,31,34-65H2,1-3H3/b10-7-,19-16-,25-23-,26-24-,30-29-,33-32-. The summed E-state index contributed by atoms with van der Waals surface area (Å²) in [6.07, 6.45) is 82.1. The lowest BCUT2D eigenvalue weighted by Gasteiger charge is -2.18. The van der Waals surface area contributed by atoms with Crippen molar-refractivity contribution < 1.29 is 28.6 Å². The molecule has 0 N–H and O–H groups in total. The van der Waals surface area contributed by atoms with E-state index in [1.54, 1.807) is 0 Å². The number of esters is 3. The molecule has 6 heteroatoms. The number of hydrogen-bond acceptors (Lipinski definition) is 6. The fourth-order valence-electron chi connectivity index (χ4n) is 9.35. The summed E-state index contributed by atoms with van der Waals surface area (Å²) >= 11 is 0. The van der Waals surface area contributed by atoms with Crippen molar-refractivity contribution in [3.63, 3.8) is 0 Å². The van der Waals surface area contributed by atoms with Crippen LogP contribution in [0.4, 0.5) is 0 Å². The first-order valence-corrected chi connectivity index (χ1v) is 32.4. The fraction of sp³-hybridized carbons (Fsp3) is 0.783. The number of ether oxygens (including phenoxy) is 3. The Morgan fingerprint density at radius 2 is 0.520 bits per heavy atom. The van der Waals surface area contributed by atoms with Crippen molar-refractivity contribution in [2.45, 2.75) is 335 Å². The molecule has 0 radical (unpaired) electrons. The van der Waals surface area contributed by atoms with Crippen LogP contribution < -0.4 is 0 Å². The highest BCUT2D eigenvalue weighted by Gasteiger charge is 2.19. The predicted octanol–water partition coefficient (Wildman–Crippen LogP) is 22.1. The highest BCUT2D eigenvalue weighted by Crippen LogP contribution is 2.17. The van der Waals surface area contributed by atoms with Crippen LogP contribution in [-0.4, -0.2) is 37.2 Å². The van der Waals surface area contributed by atoms with E-state index >= 15 is 0 Å². The zero-order valence-corrected chi connectivity index (χ0v) is 49.8. The second-order valence-corrected chi connectivity index (χ2v) is 21.6. The minimum atomic E-state index is -0.774. The number of allylic oxidation sites excluding steroid dienone is 12. The molecule has 6 nitrogen and oxygen atoms in total. The molecule has 1 unspecified atom stereocenters. The highest BCUT2D eigenvalue weighted by molar-refractivity contribution is 5.71. The minimum Gasteiger partial charge on any atom is -0.462 e. The Labute approximate surface area is 465 Å². The Bertz CT molecular complexity index is 1390. The van der Waals surface area contributed by atoms with Crippen molar-refractivity contribution >= 4 is 17.9 Å². The predicted molar refractivity (Wildman–Crippen MR) is 325 cm³/mol. The SMILES string of the molecule is CC/C=C\C/C=C\C/C=C\C/C=C\C/C=C\CCCCCCCCCCCCCCCC(=O)OCC(COC(=O)CCCCCCCCCCC)OC(=O)CCCCCCCCCCC/C=C\CCCCCCCC. The normalized spacial score (nSPS) is 12.5. The molecule has 0 saturated heterocycles. The number of hydrogen-bond donors (Lipinski definition) is 0. The molecule has 0 aromatic rings. The van der Waals surface area contributed by atoms with Crippen molar-refractivity contribution in [1.82, 2.24) is 0 Å². The quantitative estimate of drug-likeness (QED) is 0.0261. The minimum absolute atomic E-state index is 0.0722. The number of rotatable bonds is 59. The van der Waals surface area contributed by atoms with Gasteiger partial charge in [-0.3, -0.25) is 14.4 Å². The monoisotopic (exact) mass is 1050 g/mol. The molecule has 0 aliphatic carbocycles. The van der Waals surface area contributed by atoms with Gasteiger partial charge in [0.05, 0.1) is 0 Å². The number of carbonyl (C=O) groups is 3. The van der Waals surface area contributed by atoms with Crippen molar-refractivity contribution in [1.29, 1.82) is 0 Å². The van der Waals surface area contributed by atoms with Gasteiger partial charge in [-0.15, -0.1) is 0 Å². The van der Waals surface area contributed by atoms with Crippen molar-refractivity contribution in [3.05, 3.63) is 72.9 Å². The molecule has 0 amide bonds. The van der Waals surface area contributed by atoms with Crippen LogP contribution in [0.5, 0.6) is 0 Å². The van der Waals surface area contributed by atoms with Gasteiger partial charge in [0.25, 0.3) is 0 Å². The average molecular weight is 1050 g/mol. The third-order valence-electron chi connectivity index (χ3n) is 14.2. The Hall–Kier alpha value is -3.15. The number of carbonyl (C=O) groups excluding carboxylic acids is 3. The summed E-state index contributed by atoms with van der Waals surface area (Å²) < 4.78 is 16.9. The zero-order chi connectivity index (χ0) is 54.3. The molecule has 0 aromatic heterocycles. The second-order valence-electron chi connectivity index (χ2n) is 21.6. The van der Waals surface area contributed by atoms with E-state index in [1.807, 2.05) is 0 Å². The van der Waals surface area contributed by atoms with E-state index in [1.165, 1.54) is 199 Å². The third kappa shape index (κ3) is 61.6. The van der Waals surface area contributed by atoms with E-state index in [-0.39, 0.29) is 31.1 Å². The molecular weight excluding hydrogens is 925 g/mol. The van der Waals surface area contributed by atoms with E-state index < -0.39 is 6.10 Å². The molecular formula is C69H122O6. The van der Waals surface area contributed by atoms with Crippen molar-refractivity contribution in [2.75, 3.05) is 13.2 Å². The Kier molecular flexibility index (Phi) is 60.7. The summed E-state index contributed by atoms with van der Waals surface area (Å²) in [5, 5.41) is 0. The summed E-state index contributed by atoms with van der Waals surface area (Å²) in [4.78, 5) is 38.2. The topological polar surface area (TPSA) is 78.9 Å². The smallest absolute Gasteiger partial charge is 0.306 e. The summed E-state index contributed by atoms with van der Waals surface area (Å²) in [5.41, 5.74) is 0. The van der Waals surface area contributed by atoms with Gasteiger partial charge in [0.1, 0.15) is 13.2 Å². The summed E-state index contributed by atoms with van der Waals surface area (Å²) in [6.45, 7) is 6.54. The van der Waals surface area contributed by atoms with Crippen LogP contribution in [0.25, 0.3) is 0 Å². The molecule has 0 saturated carbocycles. The molecule has 1 atom stereocenters. The molecule has 0 heterocycles. The van der Waals surface area contributed by atoms with Gasteiger partial charge < -0.3 is 14.2 Å². The van der Waals surface area contributed by atoms with E-state index in [0.717, 1.165) is 89.9 Å². The summed E-state index contributed by atoms with van der Waals surface area (Å²) in [7, 11) is 0. The fourth-order valence-corrected chi connectivity index (χ4v) is 9.35. The molecule has 0 fully saturated rings. The molecule has 0 bridgehead atoms. The van der Waals surface area contributed by atoms with E-state index in [0.29, 0.717) is 19.3 Å². The molecule has 0 spiro atoms. The maximum absolute atomic E-state index is 12.9. The zero-order valence-electron chi connectivity index (χ0n) is 49.8. The van der Waals surface area contributed by atoms with Gasteiger partial charge in [-0.25, -0.2) is 0 Å². The maximum Gasteiger partial charge on any atom is 0.306 e. The van der Waals surface area contributed by atoms with E-state index in [9.17, 15) is 14.4 Å². The van der Waals surface area contributed by atoms with Crippen LogP contribution in [0, 0.1) is 0 Å². The van der Waals surface area contributed by atoms with Gasteiger partial charge in [0.15, 0.2) is 6.10 Å². The largest absolute Gasteiger partial charge is 0.462 e. The van der Waals surface area contributed by atoms with Crippen LogP contribution in [0.1, 0.15) is 329 Å². The van der Waals surface area contributed by atoms with Crippen LogP contribution in [0.2, 0.25) is 0 Å². The Morgan fingerprint density at radius 3 is 0.827 bits per heavy atom. The van der Waals surface area contributed by atoms with Gasteiger partial charge >= 0.3 is 17.9 Å². The molecule has 0 rings (SSSR count). The molecule has 434 valence electrons. The summed E-state index contributed by atoms with van der Waals surface area (Å²) in [5.74, 6) is -0.863. The lowest BCUT2D eigenvalue weighted by Crippen LogP contribution is -2.30. The lowest BCUT2D eigenvalue weighted by molar-refractivity contribution is -0.167. The van der Waals surface area contributed by atoms with E-state index in [2.05, 4.69) is 93.7 Å². The van der Waals surface area contributed by atoms with Gasteiger partial charge in [-0.2, -0.15) is 0 Å². The molecule has 75 heavy (non-hydrogen) atoms. The maximum atomic E-state index is 12.9. The molecule has 0 aliphatic heterocycles.